The van der Waals surface area contributed by atoms with Gasteiger partial charge in [0.05, 0.1) is 21.7 Å². The first-order valence-electron chi connectivity index (χ1n) is 7.72. The van der Waals surface area contributed by atoms with Gasteiger partial charge in [-0.1, -0.05) is 19.1 Å². The second kappa shape index (κ2) is 7.56. The van der Waals surface area contributed by atoms with E-state index >= 15 is 0 Å². The maximum absolute atomic E-state index is 12.9. The molecule has 2 amide bonds. The first-order valence-corrected chi connectivity index (χ1v) is 7.72. The summed E-state index contributed by atoms with van der Waals surface area (Å²) in [5, 5.41) is 20.2. The molecule has 0 aliphatic heterocycles. The van der Waals surface area contributed by atoms with Gasteiger partial charge in [0, 0.05) is 18.6 Å². The molecule has 0 fully saturated rings. The third kappa shape index (κ3) is 3.59. The van der Waals surface area contributed by atoms with Crippen LogP contribution in [-0.4, -0.2) is 27.8 Å². The summed E-state index contributed by atoms with van der Waals surface area (Å²) in [5.74, 6) is -2.64. The fraction of sp³-hybridized carbons (Fsp3) is 0.167. The Bertz CT molecular complexity index is 906. The lowest BCUT2D eigenvalue weighted by atomic mass is 10.0. The summed E-state index contributed by atoms with van der Waals surface area (Å²) < 4.78 is 0. The minimum atomic E-state index is -1.29. The molecule has 2 aromatic carbocycles. The third-order valence-electron chi connectivity index (χ3n) is 3.77. The zero-order chi connectivity index (χ0) is 19.4. The monoisotopic (exact) mass is 356 g/mol. The lowest BCUT2D eigenvalue weighted by Crippen LogP contribution is -2.37. The molecule has 0 aliphatic carbocycles. The van der Waals surface area contributed by atoms with Crippen LogP contribution in [-0.2, 0) is 4.79 Å². The number of nitrogens with zero attached hydrogens (tertiary/aromatic N) is 2. The molecule has 0 unspecified atom stereocenters. The van der Waals surface area contributed by atoms with E-state index in [1.807, 2.05) is 0 Å². The number of carboxylic acid groups (broad SMARTS) is 1. The number of anilines is 1. The number of non-ortho nitro benzene ring substituents is 1. The van der Waals surface area contributed by atoms with Crippen LogP contribution in [0, 0.1) is 17.0 Å². The van der Waals surface area contributed by atoms with Crippen molar-refractivity contribution in [1.29, 1.82) is 0 Å². The van der Waals surface area contributed by atoms with Crippen molar-refractivity contribution in [3.63, 3.8) is 0 Å². The topological polar surface area (TPSA) is 118 Å². The molecule has 0 spiro atoms. The van der Waals surface area contributed by atoms with E-state index in [9.17, 15) is 29.6 Å². The number of benzene rings is 2. The summed E-state index contributed by atoms with van der Waals surface area (Å²) in [5.41, 5.74) is -0.0196. The highest BCUT2D eigenvalue weighted by Crippen LogP contribution is 2.27. The van der Waals surface area contributed by atoms with Gasteiger partial charge in [0.25, 0.3) is 11.6 Å². The number of aryl methyl sites for hydroxylation is 1. The molecule has 0 bridgehead atoms. The zero-order valence-corrected chi connectivity index (χ0v) is 14.1. The van der Waals surface area contributed by atoms with Crippen molar-refractivity contribution < 1.29 is 24.4 Å². The molecule has 1 N–H and O–H groups in total. The molecule has 0 atom stereocenters. The average Bonchev–Trinajstić information content (AvgIpc) is 2.62. The van der Waals surface area contributed by atoms with Crippen molar-refractivity contribution in [3.05, 3.63) is 69.3 Å². The molecule has 0 aliphatic rings. The van der Waals surface area contributed by atoms with Gasteiger partial charge < -0.3 is 5.11 Å². The van der Waals surface area contributed by atoms with Gasteiger partial charge in [-0.05, 0) is 30.7 Å². The Morgan fingerprint density at radius 1 is 1.12 bits per heavy atom. The molecule has 0 saturated heterocycles. The highest BCUT2D eigenvalue weighted by molar-refractivity contribution is 6.23. The average molecular weight is 356 g/mol. The van der Waals surface area contributed by atoms with Gasteiger partial charge >= 0.3 is 5.97 Å². The largest absolute Gasteiger partial charge is 0.478 e. The van der Waals surface area contributed by atoms with Gasteiger partial charge in [0.1, 0.15) is 0 Å². The van der Waals surface area contributed by atoms with Gasteiger partial charge in [-0.3, -0.25) is 19.7 Å². The molecule has 134 valence electrons. The molecule has 8 heteroatoms. The normalized spacial score (nSPS) is 10.2. The highest BCUT2D eigenvalue weighted by atomic mass is 16.6. The van der Waals surface area contributed by atoms with Gasteiger partial charge in [-0.25, -0.2) is 9.69 Å². The van der Waals surface area contributed by atoms with Crippen LogP contribution in [0.1, 0.15) is 39.6 Å². The minimum Gasteiger partial charge on any atom is -0.478 e. The maximum atomic E-state index is 12.9. The number of carbonyl (C=O) groups excluding carboxylic acids is 2. The minimum absolute atomic E-state index is 0.00257. The van der Waals surface area contributed by atoms with Crippen LogP contribution in [0.25, 0.3) is 0 Å². The molecule has 0 saturated carbocycles. The van der Waals surface area contributed by atoms with Gasteiger partial charge in [-0.15, -0.1) is 0 Å². The number of nitro groups is 1. The maximum Gasteiger partial charge on any atom is 0.336 e. The van der Waals surface area contributed by atoms with E-state index in [4.69, 9.17) is 0 Å². The molecular weight excluding hydrogens is 340 g/mol. The molecule has 26 heavy (non-hydrogen) atoms. The Kier molecular flexibility index (Phi) is 5.46. The molecule has 0 aromatic heterocycles. The Labute approximate surface area is 148 Å². The van der Waals surface area contributed by atoms with E-state index in [0.29, 0.717) is 5.56 Å². The van der Waals surface area contributed by atoms with Gasteiger partial charge in [0.2, 0.25) is 5.91 Å². The van der Waals surface area contributed by atoms with E-state index in [1.165, 1.54) is 49.4 Å². The summed E-state index contributed by atoms with van der Waals surface area (Å²) >= 11 is 0. The van der Waals surface area contributed by atoms with E-state index < -0.39 is 22.7 Å². The number of amides is 2. The van der Waals surface area contributed by atoms with Crippen molar-refractivity contribution in [3.8, 4) is 0 Å². The number of nitro benzene ring substituents is 1. The van der Waals surface area contributed by atoms with Crippen LogP contribution in [0.3, 0.4) is 0 Å². The van der Waals surface area contributed by atoms with Crippen molar-refractivity contribution in [2.45, 2.75) is 20.3 Å². The third-order valence-corrected chi connectivity index (χ3v) is 3.77. The summed E-state index contributed by atoms with van der Waals surface area (Å²) in [6.07, 6.45) is -0.00257. The van der Waals surface area contributed by atoms with Crippen LogP contribution in [0.2, 0.25) is 0 Å². The highest BCUT2D eigenvalue weighted by Gasteiger charge is 2.28. The number of aromatic carboxylic acids is 1. The van der Waals surface area contributed by atoms with E-state index in [-0.39, 0.29) is 28.9 Å². The fourth-order valence-corrected chi connectivity index (χ4v) is 2.50. The number of hydrogen-bond donors (Lipinski definition) is 1. The molecule has 0 radical (unpaired) electrons. The van der Waals surface area contributed by atoms with Crippen molar-refractivity contribution in [2.75, 3.05) is 4.90 Å². The van der Waals surface area contributed by atoms with E-state index in [1.54, 1.807) is 6.92 Å². The Morgan fingerprint density at radius 3 is 2.23 bits per heavy atom. The summed E-state index contributed by atoms with van der Waals surface area (Å²) in [4.78, 5) is 47.9. The molecule has 8 nitrogen and oxygen atoms in total. The predicted octanol–water partition coefficient (Wildman–Crippen LogP) is 3.18. The fourth-order valence-electron chi connectivity index (χ4n) is 2.50. The molecular formula is C18H16N2O6. The van der Waals surface area contributed by atoms with E-state index in [2.05, 4.69) is 0 Å². The van der Waals surface area contributed by atoms with Crippen LogP contribution in [0.5, 0.6) is 0 Å². The van der Waals surface area contributed by atoms with Crippen molar-refractivity contribution >= 4 is 29.2 Å². The van der Waals surface area contributed by atoms with Gasteiger partial charge in [-0.2, -0.15) is 0 Å². The summed E-state index contributed by atoms with van der Waals surface area (Å²) in [7, 11) is 0. The van der Waals surface area contributed by atoms with Crippen molar-refractivity contribution in [2.24, 2.45) is 0 Å². The molecule has 2 aromatic rings. The number of carbonyl (C=O) groups is 3. The number of rotatable bonds is 5. The lowest BCUT2D eigenvalue weighted by Gasteiger charge is -2.23. The first kappa shape index (κ1) is 18.8. The van der Waals surface area contributed by atoms with Crippen LogP contribution in [0.15, 0.2) is 42.5 Å². The van der Waals surface area contributed by atoms with E-state index in [0.717, 1.165) is 4.90 Å². The number of hydrogen-bond acceptors (Lipinski definition) is 5. The SMILES string of the molecule is CCC(=O)N(C(=O)c1ccccc1C(=O)O)c1ccc([N+](=O)[O-])cc1C. The Balaban J connectivity index is 2.60. The zero-order valence-electron chi connectivity index (χ0n) is 14.1. The van der Waals surface area contributed by atoms with Crippen molar-refractivity contribution in [1.82, 2.24) is 0 Å². The molecule has 0 heterocycles. The van der Waals surface area contributed by atoms with Crippen LogP contribution >= 0.6 is 0 Å². The van der Waals surface area contributed by atoms with Crippen LogP contribution < -0.4 is 4.90 Å². The van der Waals surface area contributed by atoms with Crippen LogP contribution in [0.4, 0.5) is 11.4 Å². The second-order valence-corrected chi connectivity index (χ2v) is 5.47. The predicted molar refractivity (Wildman–Crippen MR) is 93.3 cm³/mol. The molecule has 2 rings (SSSR count). The number of imide groups is 1. The lowest BCUT2D eigenvalue weighted by molar-refractivity contribution is -0.384. The smallest absolute Gasteiger partial charge is 0.336 e. The quantitative estimate of drug-likeness (QED) is 0.649. The summed E-state index contributed by atoms with van der Waals surface area (Å²) in [6.45, 7) is 3.10. The van der Waals surface area contributed by atoms with Gasteiger partial charge in [0.15, 0.2) is 0 Å². The summed E-state index contributed by atoms with van der Waals surface area (Å²) in [6, 6.07) is 9.31. The second-order valence-electron chi connectivity index (χ2n) is 5.47. The number of carboxylic acids is 1. The Morgan fingerprint density at radius 2 is 1.73 bits per heavy atom. The first-order chi connectivity index (χ1) is 12.3. The standard InChI is InChI=1S/C18H16N2O6/c1-3-16(21)19(15-9-8-12(20(25)26)10-11(15)2)17(22)13-6-4-5-7-14(13)18(23)24/h4-10H,3H2,1-2H3,(H,23,24). The Hall–Kier alpha value is -3.55.